The van der Waals surface area contributed by atoms with E-state index in [1.54, 1.807) is 26.8 Å². The van der Waals surface area contributed by atoms with Gasteiger partial charge in [-0.25, -0.2) is 28.8 Å². The van der Waals surface area contributed by atoms with Gasteiger partial charge in [0, 0.05) is 107 Å². The van der Waals surface area contributed by atoms with Gasteiger partial charge in [0.2, 0.25) is 11.4 Å². The fraction of sp³-hybridized carbons (Fsp3) is 0.368. The van der Waals surface area contributed by atoms with Crippen molar-refractivity contribution in [2.45, 2.75) is 46.9 Å². The number of aromatic amines is 4. The molecule has 8 heterocycles. The molecule has 0 aliphatic carbocycles. The number of carboxylic acid groups (broad SMARTS) is 3. The Labute approximate surface area is 702 Å². The summed E-state index contributed by atoms with van der Waals surface area (Å²) in [7, 11) is 2.41. The largest absolute Gasteiger partial charge is 0.478 e. The molecule has 0 spiro atoms. The maximum absolute atomic E-state index is 12.1. The van der Waals surface area contributed by atoms with Crippen LogP contribution in [-0.4, -0.2) is 277 Å². The summed E-state index contributed by atoms with van der Waals surface area (Å²) in [6, 6.07) is 15.4. The molecule has 676 valence electrons. The number of ether oxygens (including phenoxy) is 7. The van der Waals surface area contributed by atoms with Crippen LogP contribution in [0.2, 0.25) is 0 Å². The van der Waals surface area contributed by atoms with Crippen molar-refractivity contribution in [2.75, 3.05) is 142 Å². The lowest BCUT2D eigenvalue weighted by molar-refractivity contribution is -0.422. The fourth-order valence-electron chi connectivity index (χ4n) is 9.87. The number of morpholine rings is 4. The first kappa shape index (κ1) is 103. The number of rotatable bonds is 19. The van der Waals surface area contributed by atoms with Crippen LogP contribution < -0.4 is 27.8 Å². The van der Waals surface area contributed by atoms with Crippen molar-refractivity contribution in [2.24, 2.45) is 0 Å². The molecule has 0 atom stereocenters. The molecular weight excluding hydrogens is 1680 g/mol. The standard InChI is InChI=1S/C11H11N3O6.C11H13N3O5.C11H17N3O.C9H13N3O4.C7H4N2O6.C5H5N3O4.C5H7N3O2.C4H3N3O4.C4H9NO.CH4/c15-11(12-3-5-20-6-4-12)8-1-2-9(13(16)17)10(7-8)14(18)19;15-13(16)10-2-1-9(7-11(10)14(17)18)8-12-3-5-19-6-4-12;12-10-2-1-9(7-11(10)13)8-14-3-5-15-6-4-14;1-9(2,3)16-8(15)11-5-4-10-12-6(5)7(13)14;10-7(11)4-1-2-5(8(12)13)6(3-4)9(14)15;1-12-5(9)4-3(8(10)11)2-6-7-4;1-10-5(9)4-3(6)2-7-8-4;8-4(9)3-2(7(10)11)1-5-6-3;1-3-6-4-2-5-1;/h1-2,7H,3-6H2;1-2,7H,3-6,8H2;1-2,7H,3-6,8,12-13H2;4H,1-3H3,(H,10,12)(H,11,15)(H,13,14);1-3H,(H,10,11);2H,1H3,(H,6,7);2H,6H2,1H3,(H,7,8);1H,(H,5,6)(H,8,9);5H,1-4H2;1H4. The van der Waals surface area contributed by atoms with Crippen LogP contribution in [0.4, 0.5) is 73.0 Å². The first-order valence-electron chi connectivity index (χ1n) is 35.3. The Bertz CT molecular complexity index is 5000. The zero-order valence-electron chi connectivity index (χ0n) is 66.0. The molecule has 4 fully saturated rings. The van der Waals surface area contributed by atoms with E-state index in [2.05, 4.69) is 65.6 Å². The number of methoxy groups -OCH3 is 2. The molecule has 12 rings (SSSR count). The van der Waals surface area contributed by atoms with E-state index in [-0.39, 0.29) is 47.0 Å². The molecule has 0 unspecified atom stereocenters. The van der Waals surface area contributed by atoms with Crippen molar-refractivity contribution in [1.82, 2.24) is 60.8 Å². The predicted octanol–water partition coefficient (Wildman–Crippen LogP) is 5.79. The van der Waals surface area contributed by atoms with Gasteiger partial charge in [0.1, 0.15) is 18.0 Å². The number of esters is 2. The number of nitro groups is 8. The number of nitrogens with two attached hydrogens (primary N) is 3. The van der Waals surface area contributed by atoms with Crippen molar-refractivity contribution < 1.29 is 121 Å². The third kappa shape index (κ3) is 34.8. The van der Waals surface area contributed by atoms with E-state index in [1.807, 2.05) is 23.3 Å². The molecule has 4 saturated heterocycles. The first-order chi connectivity index (χ1) is 58.6. The number of nitrogen functional groups attached to an aromatic ring is 3. The number of hydrogen-bond acceptors (Lipinski definition) is 40. The van der Waals surface area contributed by atoms with Crippen molar-refractivity contribution in [3.05, 3.63) is 224 Å². The lowest BCUT2D eigenvalue weighted by Crippen LogP contribution is -2.40. The van der Waals surface area contributed by atoms with Crippen LogP contribution in [0.15, 0.2) is 97.6 Å². The second-order valence-electron chi connectivity index (χ2n) is 25.4. The molecule has 15 N–H and O–H groups in total. The summed E-state index contributed by atoms with van der Waals surface area (Å²) >= 11 is 0. The summed E-state index contributed by atoms with van der Waals surface area (Å²) in [5, 5.41) is 138. The summed E-state index contributed by atoms with van der Waals surface area (Å²) in [5.41, 5.74) is 13.9. The van der Waals surface area contributed by atoms with E-state index >= 15 is 0 Å². The van der Waals surface area contributed by atoms with Crippen molar-refractivity contribution in [3.8, 4) is 0 Å². The topological polar surface area (TPSA) is 816 Å². The Hall–Kier alpha value is -15.9. The van der Waals surface area contributed by atoms with Gasteiger partial charge in [-0.3, -0.25) is 121 Å². The number of nitrogens with zero attached hydrogens (tertiary/aromatic N) is 15. The molecule has 125 heavy (non-hydrogen) atoms. The number of H-pyrrole nitrogens is 4. The van der Waals surface area contributed by atoms with E-state index < -0.39 is 132 Å². The van der Waals surface area contributed by atoms with Gasteiger partial charge < -0.3 is 75.9 Å². The summed E-state index contributed by atoms with van der Waals surface area (Å²) in [4.78, 5) is 160. The van der Waals surface area contributed by atoms with Gasteiger partial charge >= 0.3 is 81.4 Å². The molecule has 0 radical (unpaired) electrons. The highest BCUT2D eigenvalue weighted by atomic mass is 16.7. The van der Waals surface area contributed by atoms with Crippen LogP contribution in [0, 0.1) is 80.9 Å². The summed E-state index contributed by atoms with van der Waals surface area (Å²) < 4.78 is 34.2. The summed E-state index contributed by atoms with van der Waals surface area (Å²) in [6.45, 7) is 18.4. The van der Waals surface area contributed by atoms with E-state index in [0.717, 1.165) is 116 Å². The van der Waals surface area contributed by atoms with Crippen LogP contribution in [0.3, 0.4) is 0 Å². The van der Waals surface area contributed by atoms with Gasteiger partial charge in [0.25, 0.3) is 5.91 Å². The molecule has 57 nitrogen and oxygen atoms in total. The van der Waals surface area contributed by atoms with Gasteiger partial charge in [0.05, 0.1) is 147 Å². The van der Waals surface area contributed by atoms with Gasteiger partial charge in [0.15, 0.2) is 11.4 Å². The summed E-state index contributed by atoms with van der Waals surface area (Å²) in [5.74, 6) is -5.69. The smallest absolute Gasteiger partial charge is 0.412 e. The molecular formula is C68H86N24O33. The minimum atomic E-state index is -1.39. The van der Waals surface area contributed by atoms with Gasteiger partial charge in [-0.2, -0.15) is 20.4 Å². The maximum Gasteiger partial charge on any atom is 0.412 e. The Kier molecular flexibility index (Phi) is 42.6. The Morgan fingerprint density at radius 1 is 0.432 bits per heavy atom. The molecule has 2 amide bonds. The van der Waals surface area contributed by atoms with Crippen LogP contribution in [0.25, 0.3) is 0 Å². The number of carbonyl (C=O) groups excluding carboxylic acids is 4. The number of carboxylic acids is 3. The van der Waals surface area contributed by atoms with Gasteiger partial charge in [-0.1, -0.05) is 19.6 Å². The van der Waals surface area contributed by atoms with Crippen LogP contribution in [-0.2, 0) is 46.2 Å². The fourth-order valence-corrected chi connectivity index (χ4v) is 9.87. The van der Waals surface area contributed by atoms with E-state index in [1.165, 1.54) is 48.2 Å². The van der Waals surface area contributed by atoms with Crippen molar-refractivity contribution >= 4 is 110 Å². The SMILES string of the molecule is C.C1COCCN1.CC(C)(C)OC(=O)Nc1cn[nH]c1C(=O)O.COC(=O)c1[nH]ncc1N.COC(=O)c1[nH]ncc1[N+](=O)[O-].Nc1ccc(CN2CCOCC2)cc1N.O=C(O)c1[nH]ncc1[N+](=O)[O-].O=C(O)c1ccc([N+](=O)[O-])c([N+](=O)[O-])c1.O=C(c1ccc([N+](=O)[O-])c([N+](=O)[O-])c1)N1CCOCC1.O=[N+]([O-])c1ccc(CN2CCOCC2)cc1[N+](=O)[O-]. The maximum atomic E-state index is 12.1. The number of aromatic carboxylic acids is 3. The Morgan fingerprint density at radius 3 is 1.19 bits per heavy atom. The van der Waals surface area contributed by atoms with Gasteiger partial charge in [-0.05, 0) is 56.2 Å². The van der Waals surface area contributed by atoms with Crippen LogP contribution >= 0.6 is 0 Å². The number of aromatic nitrogens is 8. The summed E-state index contributed by atoms with van der Waals surface area (Å²) in [6.07, 6.45) is 3.63. The lowest BCUT2D eigenvalue weighted by Gasteiger charge is -2.26. The van der Waals surface area contributed by atoms with E-state index in [4.69, 9.17) is 56.2 Å². The van der Waals surface area contributed by atoms with Crippen molar-refractivity contribution in [3.63, 3.8) is 0 Å². The van der Waals surface area contributed by atoms with Gasteiger partial charge in [-0.15, -0.1) is 0 Å². The monoisotopic (exact) mass is 1770 g/mol. The third-order valence-corrected chi connectivity index (χ3v) is 15.8. The zero-order valence-corrected chi connectivity index (χ0v) is 66.0. The highest BCUT2D eigenvalue weighted by Crippen LogP contribution is 2.31. The molecule has 0 bridgehead atoms. The lowest BCUT2D eigenvalue weighted by atomic mass is 10.1. The highest BCUT2D eigenvalue weighted by molar-refractivity contribution is 5.97. The number of amides is 2. The Morgan fingerprint density at radius 2 is 0.800 bits per heavy atom. The second-order valence-corrected chi connectivity index (χ2v) is 25.4. The van der Waals surface area contributed by atoms with Crippen LogP contribution in [0.5, 0.6) is 0 Å². The third-order valence-electron chi connectivity index (χ3n) is 15.8. The molecule has 4 aliphatic heterocycles. The highest BCUT2D eigenvalue weighted by Gasteiger charge is 2.31. The van der Waals surface area contributed by atoms with Crippen LogP contribution in [0.1, 0.15) is 102 Å². The second kappa shape index (κ2) is 51.6. The normalized spacial score (nSPS) is 13.2. The molecule has 0 saturated carbocycles. The number of carbonyl (C=O) groups is 7. The number of nitrogens with one attached hydrogen (secondary N) is 6. The average molecular weight is 1770 g/mol. The van der Waals surface area contributed by atoms with E-state index in [9.17, 15) is 114 Å². The van der Waals surface area contributed by atoms with E-state index in [0.29, 0.717) is 74.8 Å². The number of anilines is 4. The molecule has 4 aromatic heterocycles. The first-order valence-corrected chi connectivity index (χ1v) is 35.3. The molecule has 4 aromatic carbocycles. The molecule has 8 aromatic rings. The number of nitro benzene ring substituents is 6. The molecule has 4 aliphatic rings. The number of benzene rings is 4. The Balaban J connectivity index is 0.000000367. The minimum Gasteiger partial charge on any atom is -0.478 e. The zero-order chi connectivity index (χ0) is 92.5. The molecule has 57 heteroatoms. The average Bonchev–Trinajstić information content (AvgIpc) is 1.82. The predicted molar refractivity (Wildman–Crippen MR) is 429 cm³/mol. The van der Waals surface area contributed by atoms with Crippen molar-refractivity contribution in [1.29, 1.82) is 0 Å². The minimum absolute atomic E-state index is 0. The number of hydrogen-bond donors (Lipinski definition) is 12. The quantitative estimate of drug-likeness (QED) is 0.0150.